The van der Waals surface area contributed by atoms with Crippen molar-refractivity contribution in [2.24, 2.45) is 0 Å². The second-order valence-corrected chi connectivity index (χ2v) is 10.0. The summed E-state index contributed by atoms with van der Waals surface area (Å²) < 4.78 is 0. The number of nitrogens with zero attached hydrogens (tertiary/aromatic N) is 1. The van der Waals surface area contributed by atoms with Crippen LogP contribution in [0.25, 0.3) is 0 Å². The Balaban J connectivity index is 2.15. The van der Waals surface area contributed by atoms with E-state index < -0.39 is 7.26 Å². The van der Waals surface area contributed by atoms with Gasteiger partial charge in [-0.15, -0.1) is 0 Å². The van der Waals surface area contributed by atoms with E-state index in [-0.39, 0.29) is 0 Å². The molecule has 0 fully saturated rings. The summed E-state index contributed by atoms with van der Waals surface area (Å²) in [7, 11) is -2.11. The van der Waals surface area contributed by atoms with Gasteiger partial charge in [0.15, 0.2) is 0 Å². The molecule has 3 aromatic rings. The van der Waals surface area contributed by atoms with Crippen molar-refractivity contribution < 1.29 is 0 Å². The minimum atomic E-state index is -2.11. The van der Waals surface area contributed by atoms with Crippen molar-refractivity contribution in [1.82, 2.24) is 4.98 Å². The molecule has 0 saturated heterocycles. The molecule has 0 N–H and O–H groups in total. The molecule has 0 bridgehead atoms. The molecular weight excluding hydrogens is 309 g/mol. The fourth-order valence-corrected chi connectivity index (χ4v) is 6.58. The molecule has 0 aliphatic rings. The Bertz CT molecular complexity index is 795. The fourth-order valence-electron chi connectivity index (χ4n) is 3.13. The maximum absolute atomic E-state index is 5.43. The quantitative estimate of drug-likeness (QED) is 0.516. The van der Waals surface area contributed by atoms with Gasteiger partial charge in [-0.05, 0) is 0 Å². The van der Waals surface area contributed by atoms with Gasteiger partial charge in [0.2, 0.25) is 0 Å². The van der Waals surface area contributed by atoms with Crippen LogP contribution in [0.1, 0.15) is 12.0 Å². The number of pyridine rings is 1. The van der Waals surface area contributed by atoms with Gasteiger partial charge in [0.25, 0.3) is 0 Å². The van der Waals surface area contributed by atoms with Crippen molar-refractivity contribution in [1.29, 1.82) is 0 Å². The minimum absolute atomic E-state index is 0.762. The van der Waals surface area contributed by atoms with Gasteiger partial charge in [0, 0.05) is 0 Å². The van der Waals surface area contributed by atoms with E-state index in [0.29, 0.717) is 0 Å². The van der Waals surface area contributed by atoms with Crippen LogP contribution in [0.3, 0.4) is 0 Å². The molecule has 0 spiro atoms. The van der Waals surface area contributed by atoms with E-state index in [9.17, 15) is 0 Å². The number of aryl methyl sites for hydroxylation is 1. The van der Waals surface area contributed by atoms with Gasteiger partial charge in [-0.2, -0.15) is 0 Å². The molecule has 1 heterocycles. The van der Waals surface area contributed by atoms with E-state index >= 15 is 0 Å². The van der Waals surface area contributed by atoms with Crippen molar-refractivity contribution in [2.75, 3.05) is 6.66 Å². The summed E-state index contributed by atoms with van der Waals surface area (Å²) in [6.45, 7) is 2.38. The normalized spacial score (nSPS) is 11.7. The predicted octanol–water partition coefficient (Wildman–Crippen LogP) is 3.30. The second kappa shape index (κ2) is 7.43. The van der Waals surface area contributed by atoms with Gasteiger partial charge in [-0.3, -0.25) is 0 Å². The number of rotatable bonds is 5. The average Bonchev–Trinajstić information content (AvgIpc) is 2.67. The molecule has 0 aliphatic heterocycles. The summed E-state index contributed by atoms with van der Waals surface area (Å²) in [6, 6.07) is 25.9. The Hall–Kier alpha value is -2.42. The van der Waals surface area contributed by atoms with Crippen LogP contribution < -0.4 is 16.0 Å². The van der Waals surface area contributed by atoms with Gasteiger partial charge in [0.05, 0.1) is 0 Å². The Kier molecular flexibility index (Phi) is 5.09. The second-order valence-electron chi connectivity index (χ2n) is 6.11. The van der Waals surface area contributed by atoms with E-state index in [0.717, 1.165) is 12.8 Å². The Morgan fingerprint density at radius 1 is 0.917 bits per heavy atom. The van der Waals surface area contributed by atoms with Crippen LogP contribution >= 0.6 is 7.26 Å². The summed E-state index contributed by atoms with van der Waals surface area (Å²) in [5.74, 6) is 2.73. The molecule has 0 radical (unpaired) electrons. The Morgan fingerprint density at radius 3 is 2.04 bits per heavy atom. The number of benzene rings is 2. The summed E-state index contributed by atoms with van der Waals surface area (Å²) in [4.78, 5) is 4.78. The van der Waals surface area contributed by atoms with Crippen molar-refractivity contribution in [2.45, 2.75) is 12.8 Å². The van der Waals surface area contributed by atoms with Gasteiger partial charge in [0.1, 0.15) is 0 Å². The van der Waals surface area contributed by atoms with Gasteiger partial charge in [-0.1, -0.05) is 0 Å². The molecule has 24 heavy (non-hydrogen) atoms. The third-order valence-corrected chi connectivity index (χ3v) is 8.87. The first kappa shape index (κ1) is 16.4. The summed E-state index contributed by atoms with van der Waals surface area (Å²) in [5, 5.41) is 2.75. The van der Waals surface area contributed by atoms with Crippen LogP contribution in [-0.2, 0) is 6.42 Å². The van der Waals surface area contributed by atoms with Gasteiger partial charge in [-0.25, -0.2) is 0 Å². The first-order valence-corrected chi connectivity index (χ1v) is 10.7. The first-order chi connectivity index (χ1) is 11.7. The molecule has 0 atom stereocenters. The van der Waals surface area contributed by atoms with Gasteiger partial charge < -0.3 is 0 Å². The molecule has 1 aromatic heterocycles. The van der Waals surface area contributed by atoms with E-state index in [1.54, 1.807) is 0 Å². The third-order valence-electron chi connectivity index (χ3n) is 4.60. The van der Waals surface area contributed by atoms with Gasteiger partial charge >= 0.3 is 145 Å². The molecule has 0 aliphatic carbocycles. The molecule has 0 unspecified atom stereocenters. The molecule has 1 nitrogen and oxygen atoms in total. The van der Waals surface area contributed by atoms with E-state index in [2.05, 4.69) is 85.4 Å². The van der Waals surface area contributed by atoms with Crippen LogP contribution in [0.2, 0.25) is 0 Å². The average molecular weight is 331 g/mol. The third kappa shape index (κ3) is 3.25. The number of terminal acetylenes is 1. The molecule has 2 heteroatoms. The van der Waals surface area contributed by atoms with Crippen molar-refractivity contribution in [3.05, 3.63) is 84.6 Å². The zero-order valence-corrected chi connectivity index (χ0v) is 14.9. The molecule has 2 aromatic carbocycles. The van der Waals surface area contributed by atoms with Crippen LogP contribution in [0.4, 0.5) is 0 Å². The molecule has 120 valence electrons. The van der Waals surface area contributed by atoms with Crippen LogP contribution in [0, 0.1) is 12.3 Å². The Morgan fingerprint density at radius 2 is 1.50 bits per heavy atom. The van der Waals surface area contributed by atoms with Crippen molar-refractivity contribution in [3.63, 3.8) is 0 Å². The molecule has 3 rings (SSSR count). The monoisotopic (exact) mass is 331 g/mol. The number of aromatic nitrogens is 1. The number of hydrogen-bond donors (Lipinski definition) is 0. The van der Waals surface area contributed by atoms with Crippen LogP contribution in [-0.4, -0.2) is 11.6 Å². The Labute approximate surface area is 145 Å². The summed E-state index contributed by atoms with van der Waals surface area (Å²) in [6.07, 6.45) is 9.02. The van der Waals surface area contributed by atoms with E-state index in [1.807, 2.05) is 6.20 Å². The topological polar surface area (TPSA) is 12.9 Å². The fraction of sp³-hybridized carbons (Fsp3) is 0.136. The maximum atomic E-state index is 5.43. The van der Waals surface area contributed by atoms with Crippen LogP contribution in [0.5, 0.6) is 0 Å². The van der Waals surface area contributed by atoms with E-state index in [4.69, 9.17) is 11.4 Å². The molecule has 0 saturated carbocycles. The molecule has 0 amide bonds. The predicted molar refractivity (Wildman–Crippen MR) is 107 cm³/mol. The zero-order valence-electron chi connectivity index (χ0n) is 13.9. The summed E-state index contributed by atoms with van der Waals surface area (Å²) >= 11 is 0. The first-order valence-electron chi connectivity index (χ1n) is 8.25. The summed E-state index contributed by atoms with van der Waals surface area (Å²) in [5.41, 5.74) is 2.46. The SMILES string of the molecule is C#CCCc1ccnc([PH](C)(c2ccccc2)c2ccccc2)c1. The number of hydrogen-bond acceptors (Lipinski definition) is 1. The standard InChI is InChI=1S/C22H22NP/c1-3-4-11-19-16-17-23-22(18-19)24(2,20-12-7-5-8-13-20)21-14-9-6-10-15-21/h1,5-10,12-18,24H,4,11H2,2H3. The van der Waals surface area contributed by atoms with E-state index in [1.165, 1.54) is 21.6 Å². The van der Waals surface area contributed by atoms with Crippen molar-refractivity contribution >= 4 is 23.3 Å². The van der Waals surface area contributed by atoms with Crippen molar-refractivity contribution in [3.8, 4) is 12.3 Å². The molecular formula is C22H22NP. The zero-order chi connectivity index (χ0) is 16.8. The van der Waals surface area contributed by atoms with Crippen LogP contribution in [0.15, 0.2) is 79.0 Å².